The Kier molecular flexibility index (Phi) is 2.52. The van der Waals surface area contributed by atoms with Crippen LogP contribution < -0.4 is 5.32 Å². The van der Waals surface area contributed by atoms with Crippen molar-refractivity contribution in [2.75, 3.05) is 5.32 Å². The molecule has 0 aromatic heterocycles. The number of hydrogen-bond acceptors (Lipinski definition) is 3. The Morgan fingerprint density at radius 3 is 2.63 bits per heavy atom. The van der Waals surface area contributed by atoms with E-state index in [0.717, 1.165) is 0 Å². The Labute approximate surface area is 114 Å². The molecule has 1 aliphatic rings. The summed E-state index contributed by atoms with van der Waals surface area (Å²) >= 11 is 5.88. The monoisotopic (exact) mass is 275 g/mol. The molecule has 0 spiro atoms. The van der Waals surface area contributed by atoms with E-state index in [9.17, 15) is 15.0 Å². The number of rotatable bonds is 1. The van der Waals surface area contributed by atoms with Gasteiger partial charge in [0.2, 0.25) is 0 Å². The lowest BCUT2D eigenvalue weighted by molar-refractivity contribution is -0.129. The van der Waals surface area contributed by atoms with Gasteiger partial charge in [0.15, 0.2) is 5.60 Å². The number of fused-ring (bicyclic) bond motifs is 1. The molecule has 2 aromatic carbocycles. The highest BCUT2D eigenvalue weighted by atomic mass is 35.5. The second-order valence-corrected chi connectivity index (χ2v) is 4.81. The molecular formula is C14H10ClNO3. The number of nitrogens with one attached hydrogen (secondary N) is 1. The SMILES string of the molecule is O=C1Nc2ccccc2C1(O)c1cc(Cl)ccc1O. The van der Waals surface area contributed by atoms with Gasteiger partial charge in [0.05, 0.1) is 0 Å². The van der Waals surface area contributed by atoms with E-state index in [1.54, 1.807) is 24.3 Å². The zero-order chi connectivity index (χ0) is 13.6. The van der Waals surface area contributed by atoms with Gasteiger partial charge in [-0.15, -0.1) is 0 Å². The second kappa shape index (κ2) is 3.98. The number of para-hydroxylation sites is 1. The van der Waals surface area contributed by atoms with Crippen LogP contribution in [0.5, 0.6) is 5.75 Å². The molecule has 3 rings (SSSR count). The van der Waals surface area contributed by atoms with E-state index in [0.29, 0.717) is 16.3 Å². The first-order valence-corrected chi connectivity index (χ1v) is 6.03. The summed E-state index contributed by atoms with van der Waals surface area (Å²) in [6.45, 7) is 0. The molecule has 1 heterocycles. The molecule has 0 saturated heterocycles. The van der Waals surface area contributed by atoms with Gasteiger partial charge < -0.3 is 15.5 Å². The van der Waals surface area contributed by atoms with Crippen LogP contribution in [0.2, 0.25) is 5.02 Å². The van der Waals surface area contributed by atoms with E-state index in [4.69, 9.17) is 11.6 Å². The summed E-state index contributed by atoms with van der Waals surface area (Å²) in [6, 6.07) is 11.0. The Morgan fingerprint density at radius 2 is 1.84 bits per heavy atom. The molecule has 1 amide bonds. The lowest BCUT2D eigenvalue weighted by Gasteiger charge is -2.22. The second-order valence-electron chi connectivity index (χ2n) is 4.37. The van der Waals surface area contributed by atoms with E-state index >= 15 is 0 Å². The number of anilines is 1. The van der Waals surface area contributed by atoms with Crippen molar-refractivity contribution in [3.63, 3.8) is 0 Å². The fourth-order valence-corrected chi connectivity index (χ4v) is 2.48. The van der Waals surface area contributed by atoms with E-state index < -0.39 is 11.5 Å². The maximum absolute atomic E-state index is 12.1. The summed E-state index contributed by atoms with van der Waals surface area (Å²) in [6.07, 6.45) is 0. The van der Waals surface area contributed by atoms with E-state index in [1.165, 1.54) is 18.2 Å². The van der Waals surface area contributed by atoms with Gasteiger partial charge in [-0.1, -0.05) is 29.8 Å². The normalized spacial score (nSPS) is 21.1. The zero-order valence-electron chi connectivity index (χ0n) is 9.72. The zero-order valence-corrected chi connectivity index (χ0v) is 10.5. The number of amides is 1. The van der Waals surface area contributed by atoms with Crippen molar-refractivity contribution in [3.05, 3.63) is 58.6 Å². The molecule has 19 heavy (non-hydrogen) atoms. The van der Waals surface area contributed by atoms with Crippen LogP contribution in [0.3, 0.4) is 0 Å². The molecule has 0 bridgehead atoms. The summed E-state index contributed by atoms with van der Waals surface area (Å²) in [4.78, 5) is 12.1. The highest BCUT2D eigenvalue weighted by molar-refractivity contribution is 6.30. The molecule has 0 radical (unpaired) electrons. The van der Waals surface area contributed by atoms with E-state index in [2.05, 4.69) is 5.32 Å². The quantitative estimate of drug-likeness (QED) is 0.747. The Hall–Kier alpha value is -2.04. The third-order valence-corrected chi connectivity index (χ3v) is 3.48. The topological polar surface area (TPSA) is 69.6 Å². The number of aliphatic hydroxyl groups is 1. The van der Waals surface area contributed by atoms with E-state index in [1.807, 2.05) is 0 Å². The number of aromatic hydroxyl groups is 1. The third-order valence-electron chi connectivity index (χ3n) is 3.24. The molecule has 3 N–H and O–H groups in total. The van der Waals surface area contributed by atoms with Gasteiger partial charge in [0.25, 0.3) is 5.91 Å². The number of benzene rings is 2. The Bertz CT molecular complexity index is 686. The van der Waals surface area contributed by atoms with Crippen molar-refractivity contribution < 1.29 is 15.0 Å². The standard InChI is InChI=1S/C14H10ClNO3/c15-8-5-6-12(17)10(7-8)14(19)9-3-1-2-4-11(9)16-13(14)18/h1-7,17,19H,(H,16,18). The molecule has 4 nitrogen and oxygen atoms in total. The highest BCUT2D eigenvalue weighted by Crippen LogP contribution is 2.44. The van der Waals surface area contributed by atoms with Crippen molar-refractivity contribution in [3.8, 4) is 5.75 Å². The Morgan fingerprint density at radius 1 is 1.11 bits per heavy atom. The van der Waals surface area contributed by atoms with Gasteiger partial charge in [-0.05, 0) is 24.3 Å². The van der Waals surface area contributed by atoms with E-state index in [-0.39, 0.29) is 11.3 Å². The van der Waals surface area contributed by atoms with Gasteiger partial charge in [-0.25, -0.2) is 0 Å². The lowest BCUT2D eigenvalue weighted by Crippen LogP contribution is -2.35. The van der Waals surface area contributed by atoms with Crippen molar-refractivity contribution in [2.45, 2.75) is 5.60 Å². The van der Waals surface area contributed by atoms with Crippen LogP contribution >= 0.6 is 11.6 Å². The van der Waals surface area contributed by atoms with Crippen molar-refractivity contribution >= 4 is 23.2 Å². The van der Waals surface area contributed by atoms with Crippen molar-refractivity contribution in [1.29, 1.82) is 0 Å². The minimum atomic E-state index is -1.93. The molecule has 0 fully saturated rings. The maximum atomic E-state index is 12.1. The van der Waals surface area contributed by atoms with Crippen LogP contribution in [-0.2, 0) is 10.4 Å². The summed E-state index contributed by atoms with van der Waals surface area (Å²) < 4.78 is 0. The number of halogens is 1. The third kappa shape index (κ3) is 1.61. The average molecular weight is 276 g/mol. The van der Waals surface area contributed by atoms with Crippen molar-refractivity contribution in [1.82, 2.24) is 0 Å². The molecule has 1 atom stereocenters. The van der Waals surface area contributed by atoms with Crippen LogP contribution in [0, 0.1) is 0 Å². The van der Waals surface area contributed by atoms with Gasteiger partial charge in [-0.2, -0.15) is 0 Å². The summed E-state index contributed by atoms with van der Waals surface area (Å²) in [5.74, 6) is -0.787. The maximum Gasteiger partial charge on any atom is 0.266 e. The molecule has 0 saturated carbocycles. The van der Waals surface area contributed by atoms with Crippen LogP contribution in [0.15, 0.2) is 42.5 Å². The number of carbonyl (C=O) groups is 1. The van der Waals surface area contributed by atoms with Crippen LogP contribution in [-0.4, -0.2) is 16.1 Å². The van der Waals surface area contributed by atoms with Crippen LogP contribution in [0.1, 0.15) is 11.1 Å². The predicted octanol–water partition coefficient (Wildman–Crippen LogP) is 2.23. The van der Waals surface area contributed by atoms with Gasteiger partial charge in [-0.3, -0.25) is 4.79 Å². The minimum Gasteiger partial charge on any atom is -0.508 e. The fraction of sp³-hybridized carbons (Fsp3) is 0.0714. The molecule has 96 valence electrons. The number of hydrogen-bond donors (Lipinski definition) is 3. The van der Waals surface area contributed by atoms with Gasteiger partial charge in [0.1, 0.15) is 5.75 Å². The highest BCUT2D eigenvalue weighted by Gasteiger charge is 2.48. The fourth-order valence-electron chi connectivity index (χ4n) is 2.31. The van der Waals surface area contributed by atoms with Crippen LogP contribution in [0.4, 0.5) is 5.69 Å². The van der Waals surface area contributed by atoms with Gasteiger partial charge in [0, 0.05) is 21.8 Å². The summed E-state index contributed by atoms with van der Waals surface area (Å²) in [5.41, 5.74) is -0.930. The van der Waals surface area contributed by atoms with Crippen LogP contribution in [0.25, 0.3) is 0 Å². The molecular weight excluding hydrogens is 266 g/mol. The minimum absolute atomic E-state index is 0.0717. The molecule has 2 aromatic rings. The summed E-state index contributed by atoms with van der Waals surface area (Å²) in [5, 5.41) is 23.6. The van der Waals surface area contributed by atoms with Gasteiger partial charge >= 0.3 is 0 Å². The number of phenolic OH excluding ortho intramolecular Hbond substituents is 1. The lowest BCUT2D eigenvalue weighted by atomic mass is 9.87. The average Bonchev–Trinajstić information content (AvgIpc) is 2.66. The molecule has 5 heteroatoms. The molecule has 0 aliphatic carbocycles. The number of carbonyl (C=O) groups excluding carboxylic acids is 1. The summed E-state index contributed by atoms with van der Waals surface area (Å²) in [7, 11) is 0. The first-order chi connectivity index (χ1) is 9.03. The predicted molar refractivity (Wildman–Crippen MR) is 71.2 cm³/mol. The van der Waals surface area contributed by atoms with Crippen molar-refractivity contribution in [2.24, 2.45) is 0 Å². The smallest absolute Gasteiger partial charge is 0.266 e. The first-order valence-electron chi connectivity index (χ1n) is 5.66. The first kappa shape index (κ1) is 12.0. The number of phenols is 1. The Balaban J connectivity index is 2.28. The molecule has 1 aliphatic heterocycles. The largest absolute Gasteiger partial charge is 0.508 e. The molecule has 1 unspecified atom stereocenters.